The van der Waals surface area contributed by atoms with E-state index in [2.05, 4.69) is 22.8 Å². The van der Waals surface area contributed by atoms with Crippen LogP contribution >= 0.6 is 0 Å². The second-order valence-electron chi connectivity index (χ2n) is 5.39. The fraction of sp³-hybridized carbons (Fsp3) is 0.353. The number of anilines is 1. The van der Waals surface area contributed by atoms with Gasteiger partial charge in [0.2, 0.25) is 0 Å². The van der Waals surface area contributed by atoms with Gasteiger partial charge in [0.15, 0.2) is 0 Å². The number of nitrogens with zero attached hydrogens (tertiary/aromatic N) is 1. The lowest BCUT2D eigenvalue weighted by molar-refractivity contribution is 0.549. The van der Waals surface area contributed by atoms with Crippen molar-refractivity contribution in [3.8, 4) is 6.07 Å². The number of nitrogens with one attached hydrogen (secondary N) is 2. The van der Waals surface area contributed by atoms with Crippen LogP contribution in [0.5, 0.6) is 0 Å². The molecule has 0 aromatic heterocycles. The molecule has 1 fully saturated rings. The molecule has 0 aliphatic carbocycles. The molecule has 2 aromatic rings. The predicted molar refractivity (Wildman–Crippen MR) is 82.7 cm³/mol. The van der Waals surface area contributed by atoms with Crippen molar-refractivity contribution in [2.45, 2.75) is 12.8 Å². The standard InChI is InChI=1S/C17H19N3/c18-11-14-5-6-17(16-4-2-1-3-15(14)16)20-10-8-13-7-9-19-12-13/h1-6,13,19-20H,7-10,12H2. The summed E-state index contributed by atoms with van der Waals surface area (Å²) in [6.07, 6.45) is 2.48. The van der Waals surface area contributed by atoms with E-state index in [-0.39, 0.29) is 0 Å². The van der Waals surface area contributed by atoms with E-state index in [0.29, 0.717) is 0 Å². The maximum Gasteiger partial charge on any atom is 0.0998 e. The number of hydrogen-bond acceptors (Lipinski definition) is 3. The van der Waals surface area contributed by atoms with Crippen LogP contribution in [0.15, 0.2) is 36.4 Å². The van der Waals surface area contributed by atoms with Gasteiger partial charge in [-0.2, -0.15) is 5.26 Å². The van der Waals surface area contributed by atoms with E-state index in [4.69, 9.17) is 5.26 Å². The van der Waals surface area contributed by atoms with Gasteiger partial charge in [-0.05, 0) is 44.0 Å². The molecular weight excluding hydrogens is 246 g/mol. The minimum Gasteiger partial charge on any atom is -0.385 e. The monoisotopic (exact) mass is 265 g/mol. The molecule has 20 heavy (non-hydrogen) atoms. The average Bonchev–Trinajstić information content (AvgIpc) is 3.01. The van der Waals surface area contributed by atoms with Crippen molar-refractivity contribution < 1.29 is 0 Å². The number of hydrogen-bond donors (Lipinski definition) is 2. The smallest absolute Gasteiger partial charge is 0.0998 e. The molecule has 0 radical (unpaired) electrons. The molecule has 1 saturated heterocycles. The Balaban J connectivity index is 1.76. The first-order valence-corrected chi connectivity index (χ1v) is 7.25. The van der Waals surface area contributed by atoms with Crippen LogP contribution in [-0.4, -0.2) is 19.6 Å². The number of rotatable bonds is 4. The third kappa shape index (κ3) is 2.61. The molecule has 1 atom stereocenters. The SMILES string of the molecule is N#Cc1ccc(NCCC2CCNC2)c2ccccc12. The van der Waals surface area contributed by atoms with Crippen LogP contribution in [0.3, 0.4) is 0 Å². The lowest BCUT2D eigenvalue weighted by Crippen LogP contribution is -2.12. The third-order valence-corrected chi connectivity index (χ3v) is 4.07. The summed E-state index contributed by atoms with van der Waals surface area (Å²) in [5, 5.41) is 18.3. The summed E-state index contributed by atoms with van der Waals surface area (Å²) in [4.78, 5) is 0. The molecule has 2 N–H and O–H groups in total. The molecule has 1 aliphatic rings. The molecule has 2 aromatic carbocycles. The highest BCUT2D eigenvalue weighted by molar-refractivity contribution is 5.97. The summed E-state index contributed by atoms with van der Waals surface area (Å²) < 4.78 is 0. The lowest BCUT2D eigenvalue weighted by atomic mass is 10.0. The summed E-state index contributed by atoms with van der Waals surface area (Å²) in [5.41, 5.74) is 1.87. The Morgan fingerprint density at radius 1 is 1.20 bits per heavy atom. The van der Waals surface area contributed by atoms with Crippen molar-refractivity contribution in [2.24, 2.45) is 5.92 Å². The Hall–Kier alpha value is -2.05. The number of nitriles is 1. The van der Waals surface area contributed by atoms with Gasteiger partial charge < -0.3 is 10.6 Å². The van der Waals surface area contributed by atoms with Gasteiger partial charge in [-0.1, -0.05) is 24.3 Å². The van der Waals surface area contributed by atoms with E-state index in [1.165, 1.54) is 12.8 Å². The zero-order chi connectivity index (χ0) is 13.8. The molecule has 0 amide bonds. The van der Waals surface area contributed by atoms with E-state index in [1.807, 2.05) is 30.3 Å². The molecule has 102 valence electrons. The van der Waals surface area contributed by atoms with E-state index < -0.39 is 0 Å². The summed E-state index contributed by atoms with van der Waals surface area (Å²) >= 11 is 0. The topological polar surface area (TPSA) is 47.9 Å². The minimum atomic E-state index is 0.742. The molecule has 1 aliphatic heterocycles. The van der Waals surface area contributed by atoms with Crippen molar-refractivity contribution in [1.82, 2.24) is 5.32 Å². The van der Waals surface area contributed by atoms with Gasteiger partial charge in [0.05, 0.1) is 11.6 Å². The van der Waals surface area contributed by atoms with Crippen LogP contribution < -0.4 is 10.6 Å². The Bertz CT molecular complexity index is 636. The van der Waals surface area contributed by atoms with E-state index in [1.54, 1.807) is 0 Å². The van der Waals surface area contributed by atoms with Crippen molar-refractivity contribution in [1.29, 1.82) is 5.26 Å². The Morgan fingerprint density at radius 3 is 2.80 bits per heavy atom. The molecule has 0 bridgehead atoms. The summed E-state index contributed by atoms with van der Waals surface area (Å²) in [6, 6.07) is 14.3. The van der Waals surface area contributed by atoms with Crippen LogP contribution in [0.25, 0.3) is 10.8 Å². The van der Waals surface area contributed by atoms with Gasteiger partial charge in [0, 0.05) is 23.0 Å². The maximum absolute atomic E-state index is 9.17. The number of fused-ring (bicyclic) bond motifs is 1. The van der Waals surface area contributed by atoms with Crippen LogP contribution in [0, 0.1) is 17.2 Å². The Morgan fingerprint density at radius 2 is 2.05 bits per heavy atom. The molecule has 3 heteroatoms. The first kappa shape index (κ1) is 13.0. The fourth-order valence-electron chi connectivity index (χ4n) is 2.92. The highest BCUT2D eigenvalue weighted by Crippen LogP contribution is 2.26. The maximum atomic E-state index is 9.17. The van der Waals surface area contributed by atoms with Crippen molar-refractivity contribution >= 4 is 16.5 Å². The van der Waals surface area contributed by atoms with Crippen LogP contribution in [0.2, 0.25) is 0 Å². The van der Waals surface area contributed by atoms with Gasteiger partial charge in [0.25, 0.3) is 0 Å². The van der Waals surface area contributed by atoms with Gasteiger partial charge >= 0.3 is 0 Å². The van der Waals surface area contributed by atoms with E-state index in [9.17, 15) is 0 Å². The highest BCUT2D eigenvalue weighted by Gasteiger charge is 2.13. The van der Waals surface area contributed by atoms with E-state index in [0.717, 1.165) is 47.6 Å². The highest BCUT2D eigenvalue weighted by atomic mass is 14.9. The largest absolute Gasteiger partial charge is 0.385 e. The lowest BCUT2D eigenvalue weighted by Gasteiger charge is -2.13. The molecular formula is C17H19N3. The summed E-state index contributed by atoms with van der Waals surface area (Å²) in [7, 11) is 0. The number of benzene rings is 2. The second-order valence-corrected chi connectivity index (χ2v) is 5.39. The van der Waals surface area contributed by atoms with Crippen molar-refractivity contribution in [3.05, 3.63) is 42.0 Å². The predicted octanol–water partition coefficient (Wildman–Crippen LogP) is 3.12. The molecule has 1 heterocycles. The molecule has 1 unspecified atom stereocenters. The Kier molecular flexibility index (Phi) is 3.85. The normalized spacial score (nSPS) is 18.1. The zero-order valence-electron chi connectivity index (χ0n) is 11.5. The average molecular weight is 265 g/mol. The Labute approximate surface area is 119 Å². The van der Waals surface area contributed by atoms with Crippen molar-refractivity contribution in [3.63, 3.8) is 0 Å². The summed E-state index contributed by atoms with van der Waals surface area (Å²) in [5.74, 6) is 0.798. The van der Waals surface area contributed by atoms with Gasteiger partial charge in [0.1, 0.15) is 0 Å². The molecule has 0 spiro atoms. The summed E-state index contributed by atoms with van der Waals surface area (Å²) in [6.45, 7) is 3.29. The molecule has 3 rings (SSSR count). The van der Waals surface area contributed by atoms with Crippen molar-refractivity contribution in [2.75, 3.05) is 25.0 Å². The first-order valence-electron chi connectivity index (χ1n) is 7.25. The second kappa shape index (κ2) is 5.94. The van der Waals surface area contributed by atoms with Crippen LogP contribution in [0.1, 0.15) is 18.4 Å². The van der Waals surface area contributed by atoms with Crippen LogP contribution in [-0.2, 0) is 0 Å². The minimum absolute atomic E-state index is 0.742. The fourth-order valence-corrected chi connectivity index (χ4v) is 2.92. The van der Waals surface area contributed by atoms with Gasteiger partial charge in [-0.25, -0.2) is 0 Å². The molecule has 3 nitrogen and oxygen atoms in total. The van der Waals surface area contributed by atoms with Gasteiger partial charge in [-0.15, -0.1) is 0 Å². The first-order chi connectivity index (χ1) is 9.88. The molecule has 0 saturated carbocycles. The van der Waals surface area contributed by atoms with E-state index >= 15 is 0 Å². The van der Waals surface area contributed by atoms with Crippen LogP contribution in [0.4, 0.5) is 5.69 Å². The quantitative estimate of drug-likeness (QED) is 0.893. The van der Waals surface area contributed by atoms with Gasteiger partial charge in [-0.3, -0.25) is 0 Å². The zero-order valence-corrected chi connectivity index (χ0v) is 11.5. The third-order valence-electron chi connectivity index (χ3n) is 4.07.